The molecule has 1 saturated heterocycles. The zero-order chi connectivity index (χ0) is 15.4. The van der Waals surface area contributed by atoms with E-state index in [2.05, 4.69) is 41.4 Å². The SMILES string of the molecule is CC(CC(=O)N1CCCCc2ccccc21)C1CCNCC1.Cl. The summed E-state index contributed by atoms with van der Waals surface area (Å²) in [5.41, 5.74) is 2.49. The molecular formula is C19H29ClN2O. The van der Waals surface area contributed by atoms with Crippen LogP contribution in [0.15, 0.2) is 24.3 Å². The van der Waals surface area contributed by atoms with Gasteiger partial charge in [-0.2, -0.15) is 0 Å². The summed E-state index contributed by atoms with van der Waals surface area (Å²) in [4.78, 5) is 14.9. The Labute approximate surface area is 146 Å². The molecule has 23 heavy (non-hydrogen) atoms. The summed E-state index contributed by atoms with van der Waals surface area (Å²) in [5.74, 6) is 1.51. The largest absolute Gasteiger partial charge is 0.317 e. The average molecular weight is 337 g/mol. The molecule has 1 aromatic carbocycles. The van der Waals surface area contributed by atoms with Gasteiger partial charge in [-0.15, -0.1) is 12.4 Å². The van der Waals surface area contributed by atoms with Gasteiger partial charge in [-0.1, -0.05) is 25.1 Å². The van der Waals surface area contributed by atoms with E-state index in [-0.39, 0.29) is 12.4 Å². The third kappa shape index (κ3) is 4.48. The van der Waals surface area contributed by atoms with E-state index in [0.717, 1.165) is 38.2 Å². The fourth-order valence-electron chi connectivity index (χ4n) is 3.92. The maximum Gasteiger partial charge on any atom is 0.227 e. The van der Waals surface area contributed by atoms with Crippen LogP contribution in [-0.4, -0.2) is 25.5 Å². The van der Waals surface area contributed by atoms with Crippen LogP contribution in [0.5, 0.6) is 0 Å². The maximum absolute atomic E-state index is 12.9. The fourth-order valence-corrected chi connectivity index (χ4v) is 3.92. The number of amides is 1. The van der Waals surface area contributed by atoms with Crippen molar-refractivity contribution < 1.29 is 4.79 Å². The van der Waals surface area contributed by atoms with Crippen molar-refractivity contribution in [2.45, 2.75) is 45.4 Å². The highest BCUT2D eigenvalue weighted by atomic mass is 35.5. The lowest BCUT2D eigenvalue weighted by Gasteiger charge is -2.30. The number of carbonyl (C=O) groups is 1. The molecule has 0 aliphatic carbocycles. The van der Waals surface area contributed by atoms with Crippen LogP contribution in [0.1, 0.15) is 44.6 Å². The molecule has 3 rings (SSSR count). The highest BCUT2D eigenvalue weighted by Crippen LogP contribution is 2.29. The smallest absolute Gasteiger partial charge is 0.227 e. The van der Waals surface area contributed by atoms with Gasteiger partial charge in [0, 0.05) is 18.7 Å². The molecule has 1 unspecified atom stereocenters. The molecule has 2 heterocycles. The number of fused-ring (bicyclic) bond motifs is 1. The monoisotopic (exact) mass is 336 g/mol. The highest BCUT2D eigenvalue weighted by molar-refractivity contribution is 5.94. The van der Waals surface area contributed by atoms with Crippen molar-refractivity contribution in [3.8, 4) is 0 Å². The molecule has 2 aliphatic rings. The van der Waals surface area contributed by atoms with E-state index in [4.69, 9.17) is 0 Å². The zero-order valence-electron chi connectivity index (χ0n) is 14.1. The number of nitrogens with one attached hydrogen (secondary N) is 1. The van der Waals surface area contributed by atoms with Crippen molar-refractivity contribution >= 4 is 24.0 Å². The van der Waals surface area contributed by atoms with E-state index >= 15 is 0 Å². The lowest BCUT2D eigenvalue weighted by atomic mass is 9.84. The van der Waals surface area contributed by atoms with Gasteiger partial charge in [0.25, 0.3) is 0 Å². The predicted octanol–water partition coefficient (Wildman–Crippen LogP) is 3.80. The van der Waals surface area contributed by atoms with Crippen molar-refractivity contribution in [1.82, 2.24) is 5.32 Å². The first-order valence-corrected chi connectivity index (χ1v) is 8.84. The van der Waals surface area contributed by atoms with Crippen LogP contribution in [0, 0.1) is 11.8 Å². The minimum Gasteiger partial charge on any atom is -0.317 e. The number of aryl methyl sites for hydroxylation is 1. The number of nitrogens with zero attached hydrogens (tertiary/aromatic N) is 1. The van der Waals surface area contributed by atoms with E-state index in [1.807, 2.05) is 0 Å². The third-order valence-corrected chi connectivity index (χ3v) is 5.35. The number of hydrogen-bond donors (Lipinski definition) is 1. The minimum atomic E-state index is 0. The molecule has 0 aromatic heterocycles. The van der Waals surface area contributed by atoms with Crippen LogP contribution < -0.4 is 10.2 Å². The summed E-state index contributed by atoms with van der Waals surface area (Å²) < 4.78 is 0. The molecule has 1 fully saturated rings. The Morgan fingerprint density at radius 1 is 1.26 bits per heavy atom. The van der Waals surface area contributed by atoms with Crippen molar-refractivity contribution in [2.24, 2.45) is 11.8 Å². The second-order valence-electron chi connectivity index (χ2n) is 6.90. The Morgan fingerprint density at radius 2 is 2.00 bits per heavy atom. The molecule has 1 aromatic rings. The predicted molar refractivity (Wildman–Crippen MR) is 98.4 cm³/mol. The van der Waals surface area contributed by atoms with Crippen molar-refractivity contribution in [2.75, 3.05) is 24.5 Å². The van der Waals surface area contributed by atoms with E-state index in [1.54, 1.807) is 0 Å². The standard InChI is InChI=1S/C19H28N2O.ClH/c1-15(16-9-11-20-12-10-16)14-19(22)21-13-5-4-7-17-6-2-3-8-18(17)21;/h2-3,6,8,15-16,20H,4-5,7,9-14H2,1H3;1H. The van der Waals surface area contributed by atoms with Gasteiger partial charge in [-0.25, -0.2) is 0 Å². The zero-order valence-corrected chi connectivity index (χ0v) is 14.9. The van der Waals surface area contributed by atoms with Gasteiger partial charge in [0.1, 0.15) is 0 Å². The van der Waals surface area contributed by atoms with Crippen molar-refractivity contribution in [1.29, 1.82) is 0 Å². The van der Waals surface area contributed by atoms with Crippen molar-refractivity contribution in [3.05, 3.63) is 29.8 Å². The Bertz CT molecular complexity index is 514. The van der Waals surface area contributed by atoms with E-state index in [1.165, 1.54) is 24.8 Å². The first-order valence-electron chi connectivity index (χ1n) is 8.84. The lowest BCUT2D eigenvalue weighted by Crippen LogP contribution is -2.36. The molecule has 1 amide bonds. The van der Waals surface area contributed by atoms with E-state index in [9.17, 15) is 4.79 Å². The third-order valence-electron chi connectivity index (χ3n) is 5.35. The van der Waals surface area contributed by atoms with Gasteiger partial charge >= 0.3 is 0 Å². The van der Waals surface area contributed by atoms with Gasteiger partial charge in [0.05, 0.1) is 0 Å². The number of piperidine rings is 1. The number of benzene rings is 1. The molecule has 2 aliphatic heterocycles. The topological polar surface area (TPSA) is 32.3 Å². The number of hydrogen-bond acceptors (Lipinski definition) is 2. The molecule has 0 radical (unpaired) electrons. The number of carbonyl (C=O) groups excluding carboxylic acids is 1. The first-order chi connectivity index (χ1) is 10.8. The summed E-state index contributed by atoms with van der Waals surface area (Å²) in [6.45, 7) is 5.36. The number of para-hydroxylation sites is 1. The van der Waals surface area contributed by atoms with Gasteiger partial charge in [0.15, 0.2) is 0 Å². The van der Waals surface area contributed by atoms with E-state index in [0.29, 0.717) is 24.2 Å². The van der Waals surface area contributed by atoms with Gasteiger partial charge in [0.2, 0.25) is 5.91 Å². The molecule has 128 valence electrons. The van der Waals surface area contributed by atoms with Crippen LogP contribution >= 0.6 is 12.4 Å². The molecule has 3 nitrogen and oxygen atoms in total. The second-order valence-corrected chi connectivity index (χ2v) is 6.90. The van der Waals surface area contributed by atoms with Crippen LogP contribution in [0.3, 0.4) is 0 Å². The molecule has 0 bridgehead atoms. The lowest BCUT2D eigenvalue weighted by molar-refractivity contribution is -0.119. The van der Waals surface area contributed by atoms with Crippen LogP contribution in [0.2, 0.25) is 0 Å². The minimum absolute atomic E-state index is 0. The highest BCUT2D eigenvalue weighted by Gasteiger charge is 2.26. The molecule has 1 N–H and O–H groups in total. The number of anilines is 1. The van der Waals surface area contributed by atoms with Crippen molar-refractivity contribution in [3.63, 3.8) is 0 Å². The quantitative estimate of drug-likeness (QED) is 0.910. The average Bonchev–Trinajstić information content (AvgIpc) is 2.78. The van der Waals surface area contributed by atoms with Crippen LogP contribution in [0.25, 0.3) is 0 Å². The number of halogens is 1. The Balaban J connectivity index is 0.00000192. The molecular weight excluding hydrogens is 308 g/mol. The summed E-state index contributed by atoms with van der Waals surface area (Å²) in [7, 11) is 0. The first kappa shape index (κ1) is 18.3. The normalized spacial score (nSPS) is 20.1. The summed E-state index contributed by atoms with van der Waals surface area (Å²) in [5, 5.41) is 3.41. The summed E-state index contributed by atoms with van der Waals surface area (Å²) in [6.07, 6.45) is 6.52. The molecule has 0 spiro atoms. The van der Waals surface area contributed by atoms with Gasteiger partial charge in [-0.05, 0) is 68.7 Å². The Morgan fingerprint density at radius 3 is 2.78 bits per heavy atom. The Hall–Kier alpha value is -1.06. The Kier molecular flexibility index (Phi) is 6.91. The summed E-state index contributed by atoms with van der Waals surface area (Å²) >= 11 is 0. The van der Waals surface area contributed by atoms with Crippen LogP contribution in [-0.2, 0) is 11.2 Å². The molecule has 0 saturated carbocycles. The van der Waals surface area contributed by atoms with Crippen LogP contribution in [0.4, 0.5) is 5.69 Å². The number of rotatable bonds is 3. The molecule has 1 atom stereocenters. The fraction of sp³-hybridized carbons (Fsp3) is 0.632. The summed E-state index contributed by atoms with van der Waals surface area (Å²) in [6, 6.07) is 8.44. The van der Waals surface area contributed by atoms with Gasteiger partial charge in [-0.3, -0.25) is 4.79 Å². The molecule has 4 heteroatoms. The maximum atomic E-state index is 12.9. The van der Waals surface area contributed by atoms with E-state index < -0.39 is 0 Å². The van der Waals surface area contributed by atoms with Gasteiger partial charge < -0.3 is 10.2 Å². The second kappa shape index (κ2) is 8.70.